The monoisotopic (exact) mass is 626 g/mol. The van der Waals surface area contributed by atoms with Gasteiger partial charge in [-0.15, -0.1) is 0 Å². The molecule has 11 aromatic rings. The predicted molar refractivity (Wildman–Crippen MR) is 208 cm³/mol. The highest BCUT2D eigenvalue weighted by molar-refractivity contribution is 7.25. The van der Waals surface area contributed by atoms with E-state index in [1.165, 1.54) is 97.0 Å². The molecule has 222 valence electrons. The van der Waals surface area contributed by atoms with Crippen molar-refractivity contribution in [1.29, 1.82) is 0 Å². The first-order chi connectivity index (χ1) is 23.8. The van der Waals surface area contributed by atoms with Crippen LogP contribution < -0.4 is 0 Å². The fourth-order valence-electron chi connectivity index (χ4n) is 8.23. The molecule has 0 N–H and O–H groups in total. The zero-order valence-electron chi connectivity index (χ0n) is 25.8. The Kier molecular flexibility index (Phi) is 5.32. The van der Waals surface area contributed by atoms with Gasteiger partial charge in [0.2, 0.25) is 0 Å². The molecular formula is C46H26OS. The molecule has 0 aliphatic heterocycles. The van der Waals surface area contributed by atoms with E-state index in [-0.39, 0.29) is 0 Å². The van der Waals surface area contributed by atoms with E-state index in [0.717, 1.165) is 10.5 Å². The van der Waals surface area contributed by atoms with Crippen molar-refractivity contribution in [2.75, 3.05) is 0 Å². The number of benzene rings is 9. The van der Waals surface area contributed by atoms with Gasteiger partial charge in [-0.3, -0.25) is 0 Å². The van der Waals surface area contributed by atoms with E-state index >= 15 is 0 Å². The second-order valence-corrected chi connectivity index (χ2v) is 13.8. The van der Waals surface area contributed by atoms with E-state index in [4.69, 9.17) is 4.42 Å². The Bertz CT molecular complexity index is 3030. The van der Waals surface area contributed by atoms with Gasteiger partial charge in [0.15, 0.2) is 4.90 Å². The van der Waals surface area contributed by atoms with Crippen molar-refractivity contribution >= 4 is 96.5 Å². The van der Waals surface area contributed by atoms with E-state index in [0.29, 0.717) is 0 Å². The molecule has 2 heterocycles. The summed E-state index contributed by atoms with van der Waals surface area (Å²) < 4.78 is 7.54. The molecule has 2 heteroatoms. The normalized spacial score (nSPS) is 12.2. The van der Waals surface area contributed by atoms with Gasteiger partial charge in [-0.05, 0) is 100 Å². The zero-order chi connectivity index (χ0) is 31.3. The summed E-state index contributed by atoms with van der Waals surface area (Å²) in [4.78, 5) is 0.991. The molecule has 0 aliphatic rings. The molecule has 0 spiro atoms. The smallest absolute Gasteiger partial charge is 0.190 e. The third kappa shape index (κ3) is 3.55. The lowest BCUT2D eigenvalue weighted by Gasteiger charge is -2.18. The van der Waals surface area contributed by atoms with Crippen LogP contribution in [0.4, 0.5) is 0 Å². The van der Waals surface area contributed by atoms with Crippen LogP contribution in [-0.4, -0.2) is 0 Å². The highest BCUT2D eigenvalue weighted by Gasteiger charge is 2.20. The van der Waals surface area contributed by atoms with Crippen LogP contribution in [0.3, 0.4) is 0 Å². The molecule has 0 radical (unpaired) electrons. The lowest BCUT2D eigenvalue weighted by atomic mass is 9.84. The van der Waals surface area contributed by atoms with Crippen LogP contribution >= 0.6 is 11.3 Å². The van der Waals surface area contributed by atoms with Crippen molar-refractivity contribution in [3.63, 3.8) is 0 Å². The average Bonchev–Trinajstić information content (AvgIpc) is 3.69. The Morgan fingerprint density at radius 1 is 0.333 bits per heavy atom. The number of thiophene rings is 1. The minimum Gasteiger partial charge on any atom is -0.445 e. The second kappa shape index (κ2) is 9.78. The Hall–Kier alpha value is -5.96. The first kappa shape index (κ1) is 26.1. The Morgan fingerprint density at radius 2 is 0.750 bits per heavy atom. The zero-order valence-corrected chi connectivity index (χ0v) is 26.6. The predicted octanol–water partition coefficient (Wildman–Crippen LogP) is 13.9. The lowest BCUT2D eigenvalue weighted by Crippen LogP contribution is -1.91. The second-order valence-electron chi connectivity index (χ2n) is 12.8. The molecule has 2 aromatic heterocycles. The van der Waals surface area contributed by atoms with E-state index in [9.17, 15) is 0 Å². The van der Waals surface area contributed by atoms with Crippen molar-refractivity contribution < 1.29 is 4.42 Å². The number of hydrogen-bond acceptors (Lipinski definition) is 2. The molecule has 0 amide bonds. The summed E-state index contributed by atoms with van der Waals surface area (Å²) in [5.74, 6) is 0. The molecule has 48 heavy (non-hydrogen) atoms. The van der Waals surface area contributed by atoms with Crippen molar-refractivity contribution in [2.24, 2.45) is 0 Å². The average molecular weight is 627 g/mol. The van der Waals surface area contributed by atoms with Crippen LogP contribution in [0, 0.1) is 0 Å². The van der Waals surface area contributed by atoms with Crippen LogP contribution in [0.2, 0.25) is 0 Å². The Morgan fingerprint density at radius 3 is 1.31 bits per heavy atom. The summed E-state index contributed by atoms with van der Waals surface area (Å²) in [6.45, 7) is 0. The van der Waals surface area contributed by atoms with Crippen LogP contribution in [-0.2, 0) is 0 Å². The first-order valence-electron chi connectivity index (χ1n) is 16.4. The van der Waals surface area contributed by atoms with Crippen LogP contribution in [0.5, 0.6) is 0 Å². The Labute approximate surface area is 279 Å². The standard InChI is InChI=1S/C46H26OS/c1-2-13-31-29(11-1)30-12-3-4-14-32(30)39-25-27(21-23-33(31)39)43-34-15-5-7-17-36(34)44(37-18-8-6-16-35(37)43)28-22-24-42-40(26-28)45-38-19-9-10-20-41(38)47-46(45)48-42/h1-26H. The summed E-state index contributed by atoms with van der Waals surface area (Å²) >= 11 is 1.73. The van der Waals surface area contributed by atoms with Gasteiger partial charge >= 0.3 is 0 Å². The fraction of sp³-hybridized carbons (Fsp3) is 0. The molecule has 11 rings (SSSR count). The van der Waals surface area contributed by atoms with Gasteiger partial charge < -0.3 is 4.42 Å². The van der Waals surface area contributed by atoms with E-state index in [2.05, 4.69) is 152 Å². The van der Waals surface area contributed by atoms with Gasteiger partial charge in [-0.1, -0.05) is 145 Å². The quantitative estimate of drug-likeness (QED) is 0.137. The molecule has 0 fully saturated rings. The van der Waals surface area contributed by atoms with Crippen LogP contribution in [0.25, 0.3) is 107 Å². The molecule has 0 unspecified atom stereocenters. The van der Waals surface area contributed by atoms with Gasteiger partial charge in [-0.2, -0.15) is 0 Å². The van der Waals surface area contributed by atoms with Crippen LogP contribution in [0.15, 0.2) is 162 Å². The van der Waals surface area contributed by atoms with Gasteiger partial charge in [0.25, 0.3) is 0 Å². The molecule has 0 bridgehead atoms. The summed E-state index contributed by atoms with van der Waals surface area (Å²) in [5.41, 5.74) is 5.96. The van der Waals surface area contributed by atoms with Crippen molar-refractivity contribution in [3.05, 3.63) is 158 Å². The van der Waals surface area contributed by atoms with E-state index < -0.39 is 0 Å². The van der Waals surface area contributed by atoms with E-state index in [1.54, 1.807) is 11.3 Å². The van der Waals surface area contributed by atoms with Gasteiger partial charge in [0, 0.05) is 20.9 Å². The lowest BCUT2D eigenvalue weighted by molar-refractivity contribution is 0.678. The summed E-state index contributed by atoms with van der Waals surface area (Å²) in [6.07, 6.45) is 0. The van der Waals surface area contributed by atoms with Gasteiger partial charge in [0.05, 0.1) is 0 Å². The minimum absolute atomic E-state index is 0.947. The third-order valence-corrected chi connectivity index (χ3v) is 11.3. The fourth-order valence-corrected chi connectivity index (χ4v) is 9.29. The minimum atomic E-state index is 0.947. The molecule has 9 aromatic carbocycles. The molecule has 0 saturated heterocycles. The first-order valence-corrected chi connectivity index (χ1v) is 17.2. The third-order valence-electron chi connectivity index (χ3n) is 10.3. The topological polar surface area (TPSA) is 13.1 Å². The number of furan rings is 1. The van der Waals surface area contributed by atoms with Crippen LogP contribution in [0.1, 0.15) is 0 Å². The summed E-state index contributed by atoms with van der Waals surface area (Å²) in [5, 5.41) is 16.5. The van der Waals surface area contributed by atoms with Gasteiger partial charge in [0.1, 0.15) is 5.58 Å². The van der Waals surface area contributed by atoms with Gasteiger partial charge in [-0.25, -0.2) is 0 Å². The maximum Gasteiger partial charge on any atom is 0.190 e. The van der Waals surface area contributed by atoms with E-state index in [1.807, 2.05) is 6.07 Å². The maximum absolute atomic E-state index is 6.29. The molecular weight excluding hydrogens is 601 g/mol. The highest BCUT2D eigenvalue weighted by Crippen LogP contribution is 2.47. The number of hydrogen-bond donors (Lipinski definition) is 0. The van der Waals surface area contributed by atoms with Crippen molar-refractivity contribution in [2.45, 2.75) is 0 Å². The Balaban J connectivity index is 1.22. The van der Waals surface area contributed by atoms with Crippen molar-refractivity contribution in [1.82, 2.24) is 0 Å². The SMILES string of the molecule is c1ccc2c(c1)oc1sc3ccc(-c4c5ccccc5c(-c5ccc6c7ccccc7c7ccccc7c6c5)c5ccccc45)cc3c12. The number of para-hydroxylation sites is 1. The molecule has 0 aliphatic carbocycles. The summed E-state index contributed by atoms with van der Waals surface area (Å²) in [7, 11) is 0. The highest BCUT2D eigenvalue weighted by atomic mass is 32.1. The molecule has 0 saturated carbocycles. The van der Waals surface area contributed by atoms with Crippen molar-refractivity contribution in [3.8, 4) is 22.3 Å². The maximum atomic E-state index is 6.29. The molecule has 0 atom stereocenters. The molecule has 1 nitrogen and oxygen atoms in total. The summed E-state index contributed by atoms with van der Waals surface area (Å²) in [6, 6.07) is 58.0. The number of fused-ring (bicyclic) bond motifs is 13. The largest absolute Gasteiger partial charge is 0.445 e. The number of rotatable bonds is 2.